The maximum atomic E-state index is 11.1. The van der Waals surface area contributed by atoms with Crippen molar-refractivity contribution in [2.75, 3.05) is 19.8 Å². The first kappa shape index (κ1) is 11.0. The molecule has 0 aromatic rings. The molecule has 2 rings (SSSR count). The monoisotopic (exact) mass is 214 g/mol. The zero-order chi connectivity index (χ0) is 10.8. The third-order valence-electron chi connectivity index (χ3n) is 3.68. The Kier molecular flexibility index (Phi) is 3.09. The summed E-state index contributed by atoms with van der Waals surface area (Å²) in [5.41, 5.74) is -0.338. The Hall–Kier alpha value is -0.450. The molecule has 0 atom stereocenters. The highest BCUT2D eigenvalue weighted by molar-refractivity contribution is 5.59. The van der Waals surface area contributed by atoms with E-state index in [1.807, 2.05) is 0 Å². The van der Waals surface area contributed by atoms with Gasteiger partial charge in [0.15, 0.2) is 5.79 Å². The zero-order valence-corrected chi connectivity index (χ0v) is 8.91. The molecule has 86 valence electrons. The third-order valence-corrected chi connectivity index (χ3v) is 3.68. The van der Waals surface area contributed by atoms with Crippen LogP contribution in [-0.2, 0) is 14.3 Å². The van der Waals surface area contributed by atoms with E-state index in [9.17, 15) is 4.79 Å². The van der Waals surface area contributed by atoms with Gasteiger partial charge in [0.2, 0.25) is 0 Å². The van der Waals surface area contributed by atoms with Crippen LogP contribution in [0.15, 0.2) is 0 Å². The normalized spacial score (nSPS) is 28.1. The molecule has 0 aromatic heterocycles. The minimum Gasteiger partial charge on any atom is -0.396 e. The quantitative estimate of drug-likeness (QED) is 0.708. The molecule has 0 amide bonds. The molecule has 1 aliphatic heterocycles. The number of aliphatic hydroxyl groups is 1. The summed E-state index contributed by atoms with van der Waals surface area (Å²) in [6.45, 7) is 1.40. The van der Waals surface area contributed by atoms with Gasteiger partial charge in [-0.1, -0.05) is 0 Å². The standard InChI is InChI=1S/C11H18O4/c12-6-5-10(9-13)1-3-11(4-2-10)14-7-8-15-11/h9,12H,1-8H2. The highest BCUT2D eigenvalue weighted by Gasteiger charge is 2.45. The summed E-state index contributed by atoms with van der Waals surface area (Å²) in [6, 6.07) is 0. The van der Waals surface area contributed by atoms with Crippen LogP contribution in [0.25, 0.3) is 0 Å². The number of carbonyl (C=O) groups is 1. The molecule has 4 nitrogen and oxygen atoms in total. The van der Waals surface area contributed by atoms with Gasteiger partial charge in [0.05, 0.1) is 13.2 Å². The molecule has 2 fully saturated rings. The van der Waals surface area contributed by atoms with Crippen molar-refractivity contribution >= 4 is 6.29 Å². The number of hydrogen-bond donors (Lipinski definition) is 1. The fraction of sp³-hybridized carbons (Fsp3) is 0.909. The molecular formula is C11H18O4. The van der Waals surface area contributed by atoms with Crippen molar-refractivity contribution in [3.63, 3.8) is 0 Å². The molecule has 15 heavy (non-hydrogen) atoms. The molecule has 0 bridgehead atoms. The van der Waals surface area contributed by atoms with Crippen LogP contribution in [0.4, 0.5) is 0 Å². The topological polar surface area (TPSA) is 55.8 Å². The van der Waals surface area contributed by atoms with Gasteiger partial charge in [0, 0.05) is 24.9 Å². The largest absolute Gasteiger partial charge is 0.396 e. The molecule has 1 aliphatic carbocycles. The first-order chi connectivity index (χ1) is 7.24. The SMILES string of the molecule is O=CC1(CCO)CCC2(CC1)OCCO2. The number of carbonyl (C=O) groups excluding carboxylic acids is 1. The van der Waals surface area contributed by atoms with Crippen molar-refractivity contribution in [1.29, 1.82) is 0 Å². The lowest BCUT2D eigenvalue weighted by molar-refractivity contribution is -0.191. The number of rotatable bonds is 3. The first-order valence-electron chi connectivity index (χ1n) is 5.59. The van der Waals surface area contributed by atoms with Crippen molar-refractivity contribution in [2.24, 2.45) is 5.41 Å². The van der Waals surface area contributed by atoms with Gasteiger partial charge in [0.1, 0.15) is 6.29 Å². The van der Waals surface area contributed by atoms with Crippen molar-refractivity contribution in [2.45, 2.75) is 37.9 Å². The van der Waals surface area contributed by atoms with E-state index < -0.39 is 5.79 Å². The van der Waals surface area contributed by atoms with Crippen LogP contribution in [0.3, 0.4) is 0 Å². The second-order valence-electron chi connectivity index (χ2n) is 4.56. The van der Waals surface area contributed by atoms with Gasteiger partial charge in [-0.15, -0.1) is 0 Å². The van der Waals surface area contributed by atoms with Gasteiger partial charge in [-0.3, -0.25) is 0 Å². The number of aldehydes is 1. The second-order valence-corrected chi connectivity index (χ2v) is 4.56. The Balaban J connectivity index is 1.97. The van der Waals surface area contributed by atoms with Gasteiger partial charge in [-0.05, 0) is 19.3 Å². The van der Waals surface area contributed by atoms with Gasteiger partial charge in [0.25, 0.3) is 0 Å². The van der Waals surface area contributed by atoms with E-state index in [1.54, 1.807) is 0 Å². The molecular weight excluding hydrogens is 196 g/mol. The fourth-order valence-electron chi connectivity index (χ4n) is 2.56. The average Bonchev–Trinajstić information content (AvgIpc) is 2.72. The summed E-state index contributed by atoms with van der Waals surface area (Å²) in [5, 5.41) is 8.95. The summed E-state index contributed by atoms with van der Waals surface area (Å²) in [7, 11) is 0. The van der Waals surface area contributed by atoms with Crippen LogP contribution >= 0.6 is 0 Å². The Bertz CT molecular complexity index is 223. The van der Waals surface area contributed by atoms with Crippen LogP contribution in [-0.4, -0.2) is 37.0 Å². The van der Waals surface area contributed by atoms with Crippen molar-refractivity contribution in [3.05, 3.63) is 0 Å². The second kappa shape index (κ2) is 4.20. The van der Waals surface area contributed by atoms with Crippen molar-refractivity contribution in [3.8, 4) is 0 Å². The zero-order valence-electron chi connectivity index (χ0n) is 8.91. The lowest BCUT2D eigenvalue weighted by Crippen LogP contribution is -2.41. The van der Waals surface area contributed by atoms with E-state index in [2.05, 4.69) is 0 Å². The average molecular weight is 214 g/mol. The highest BCUT2D eigenvalue weighted by atomic mass is 16.7. The van der Waals surface area contributed by atoms with Crippen molar-refractivity contribution < 1.29 is 19.4 Å². The first-order valence-corrected chi connectivity index (χ1v) is 5.59. The summed E-state index contributed by atoms with van der Waals surface area (Å²) in [5.74, 6) is -0.415. The van der Waals surface area contributed by atoms with E-state index in [0.717, 1.165) is 32.0 Å². The Morgan fingerprint density at radius 1 is 1.13 bits per heavy atom. The van der Waals surface area contributed by atoms with Crippen LogP contribution in [0.2, 0.25) is 0 Å². The molecule has 0 radical (unpaired) electrons. The maximum Gasteiger partial charge on any atom is 0.168 e. The Labute approximate surface area is 89.6 Å². The molecule has 1 spiro atoms. The summed E-state index contributed by atoms with van der Waals surface area (Å²) >= 11 is 0. The number of hydrogen-bond acceptors (Lipinski definition) is 4. The Morgan fingerprint density at radius 2 is 1.73 bits per heavy atom. The van der Waals surface area contributed by atoms with Crippen LogP contribution in [0, 0.1) is 5.41 Å². The van der Waals surface area contributed by atoms with Gasteiger partial charge in [-0.25, -0.2) is 0 Å². The molecule has 2 aliphatic rings. The van der Waals surface area contributed by atoms with E-state index in [-0.39, 0.29) is 12.0 Å². The lowest BCUT2D eigenvalue weighted by Gasteiger charge is -2.40. The maximum absolute atomic E-state index is 11.1. The molecule has 1 heterocycles. The molecule has 1 N–H and O–H groups in total. The molecule has 1 saturated carbocycles. The number of aliphatic hydroxyl groups excluding tert-OH is 1. The Morgan fingerprint density at radius 3 is 2.20 bits per heavy atom. The van der Waals surface area contributed by atoms with Crippen LogP contribution < -0.4 is 0 Å². The van der Waals surface area contributed by atoms with E-state index in [0.29, 0.717) is 19.6 Å². The smallest absolute Gasteiger partial charge is 0.168 e. The lowest BCUT2D eigenvalue weighted by atomic mass is 9.71. The minimum absolute atomic E-state index is 0.0768. The summed E-state index contributed by atoms with van der Waals surface area (Å²) in [6.07, 6.45) is 4.63. The molecule has 4 heteroatoms. The minimum atomic E-state index is -0.415. The summed E-state index contributed by atoms with van der Waals surface area (Å²) in [4.78, 5) is 11.1. The van der Waals surface area contributed by atoms with E-state index in [1.165, 1.54) is 0 Å². The van der Waals surface area contributed by atoms with E-state index in [4.69, 9.17) is 14.6 Å². The van der Waals surface area contributed by atoms with Crippen molar-refractivity contribution in [1.82, 2.24) is 0 Å². The molecule has 0 aromatic carbocycles. The van der Waals surface area contributed by atoms with Crippen LogP contribution in [0.1, 0.15) is 32.1 Å². The predicted molar refractivity (Wildman–Crippen MR) is 53.3 cm³/mol. The van der Waals surface area contributed by atoms with Crippen LogP contribution in [0.5, 0.6) is 0 Å². The van der Waals surface area contributed by atoms with Gasteiger partial charge >= 0.3 is 0 Å². The third kappa shape index (κ3) is 2.07. The molecule has 0 unspecified atom stereocenters. The number of ether oxygens (including phenoxy) is 2. The van der Waals surface area contributed by atoms with E-state index >= 15 is 0 Å². The highest BCUT2D eigenvalue weighted by Crippen LogP contribution is 2.45. The van der Waals surface area contributed by atoms with Gasteiger partial charge in [-0.2, -0.15) is 0 Å². The predicted octanol–water partition coefficient (Wildman–Crippen LogP) is 0.871. The summed E-state index contributed by atoms with van der Waals surface area (Å²) < 4.78 is 11.2. The van der Waals surface area contributed by atoms with Gasteiger partial charge < -0.3 is 19.4 Å². The molecule has 1 saturated heterocycles. The fourth-order valence-corrected chi connectivity index (χ4v) is 2.56.